The fourth-order valence-corrected chi connectivity index (χ4v) is 2.74. The Morgan fingerprint density at radius 3 is 2.57 bits per heavy atom. The first-order valence-corrected chi connectivity index (χ1v) is 7.82. The molecule has 0 unspecified atom stereocenters. The van der Waals surface area contributed by atoms with Crippen LogP contribution in [0.5, 0.6) is 5.88 Å². The van der Waals surface area contributed by atoms with Crippen LogP contribution in [0.15, 0.2) is 0 Å². The molecule has 0 saturated heterocycles. The Hall–Kier alpha value is -1.38. The minimum Gasteiger partial charge on any atom is -0.481 e. The first kappa shape index (κ1) is 16.0. The molecule has 2 N–H and O–H groups in total. The number of aryl methyl sites for hydroxylation is 2. The number of nitrogens with zero attached hydrogens (tertiary/aromatic N) is 4. The number of nitrogens with two attached hydrogens (primary N) is 1. The molecule has 0 aliphatic rings. The van der Waals surface area contributed by atoms with Crippen molar-refractivity contribution in [3.8, 4) is 17.3 Å². The van der Waals surface area contributed by atoms with Crippen molar-refractivity contribution < 1.29 is 4.74 Å². The van der Waals surface area contributed by atoms with Crippen LogP contribution in [0.25, 0.3) is 11.4 Å². The van der Waals surface area contributed by atoms with Gasteiger partial charge in [-0.1, -0.05) is 13.8 Å². The largest absolute Gasteiger partial charge is 0.481 e. The maximum absolute atomic E-state index is 6.06. The number of hydrogen-bond acceptors (Lipinski definition) is 5. The van der Waals surface area contributed by atoms with Crippen molar-refractivity contribution in [1.29, 1.82) is 0 Å². The van der Waals surface area contributed by atoms with E-state index in [1.54, 1.807) is 11.8 Å². The molecule has 0 spiro atoms. The molecule has 0 bridgehead atoms. The van der Waals surface area contributed by atoms with Gasteiger partial charge in [0, 0.05) is 7.05 Å². The second kappa shape index (κ2) is 6.17. The maximum Gasteiger partial charge on any atom is 0.222 e. The topological polar surface area (TPSA) is 78.8 Å². The molecule has 0 amide bonds. The molecule has 0 aliphatic heterocycles. The zero-order valence-electron chi connectivity index (χ0n) is 12.9. The third-order valence-electron chi connectivity index (χ3n) is 3.13. The molecular weight excluding hydrogens is 381 g/mol. The summed E-state index contributed by atoms with van der Waals surface area (Å²) in [5.74, 6) is 2.22. The predicted molar refractivity (Wildman–Crippen MR) is 91.2 cm³/mol. The minimum absolute atomic E-state index is 0.498. The molecule has 0 aromatic carbocycles. The highest BCUT2D eigenvalue weighted by Gasteiger charge is 2.21. The summed E-state index contributed by atoms with van der Waals surface area (Å²) in [5.41, 5.74) is 8.65. The number of rotatable bonds is 4. The van der Waals surface area contributed by atoms with Gasteiger partial charge in [0.15, 0.2) is 5.82 Å². The van der Waals surface area contributed by atoms with Crippen molar-refractivity contribution in [2.45, 2.75) is 27.2 Å². The summed E-state index contributed by atoms with van der Waals surface area (Å²) in [5, 5.41) is 4.37. The van der Waals surface area contributed by atoms with E-state index in [-0.39, 0.29) is 0 Å². The van der Waals surface area contributed by atoms with Crippen molar-refractivity contribution in [1.82, 2.24) is 19.7 Å². The fourth-order valence-electron chi connectivity index (χ4n) is 2.28. The highest BCUT2D eigenvalue weighted by molar-refractivity contribution is 14.1. The lowest BCUT2D eigenvalue weighted by Crippen LogP contribution is -2.08. The van der Waals surface area contributed by atoms with Crippen LogP contribution in [0.1, 0.15) is 25.2 Å². The Kier molecular flexibility index (Phi) is 4.70. The molecule has 6 nitrogen and oxygen atoms in total. The van der Waals surface area contributed by atoms with Crippen LogP contribution in [0.4, 0.5) is 5.82 Å². The van der Waals surface area contributed by atoms with Crippen molar-refractivity contribution in [2.75, 3.05) is 12.8 Å². The average molecular weight is 401 g/mol. The van der Waals surface area contributed by atoms with Gasteiger partial charge >= 0.3 is 0 Å². The maximum atomic E-state index is 6.06. The van der Waals surface area contributed by atoms with E-state index in [2.05, 4.69) is 46.5 Å². The monoisotopic (exact) mass is 401 g/mol. The smallest absolute Gasteiger partial charge is 0.222 e. The first-order valence-electron chi connectivity index (χ1n) is 6.75. The van der Waals surface area contributed by atoms with Gasteiger partial charge in [-0.2, -0.15) is 5.10 Å². The van der Waals surface area contributed by atoms with E-state index in [4.69, 9.17) is 15.5 Å². The lowest BCUT2D eigenvalue weighted by atomic mass is 10.1. The van der Waals surface area contributed by atoms with E-state index >= 15 is 0 Å². The molecule has 2 aromatic heterocycles. The van der Waals surface area contributed by atoms with Gasteiger partial charge in [-0.15, -0.1) is 0 Å². The minimum atomic E-state index is 0.498. The Labute approximate surface area is 138 Å². The normalized spacial score (nSPS) is 11.2. The Balaban J connectivity index is 2.62. The van der Waals surface area contributed by atoms with E-state index < -0.39 is 0 Å². The molecule has 2 aromatic rings. The van der Waals surface area contributed by atoms with E-state index in [0.717, 1.165) is 26.9 Å². The van der Waals surface area contributed by atoms with Gasteiger partial charge in [0.2, 0.25) is 5.88 Å². The molecule has 114 valence electrons. The lowest BCUT2D eigenvalue weighted by Gasteiger charge is -2.11. The standard InChI is InChI=1S/C14H20IN5O/c1-7(2)6-9-11(15)12(16)18-13(17-9)10-8(3)19-20(4)14(10)21-5/h7H,6H2,1-5H3,(H2,16,17,18). The SMILES string of the molecule is COc1c(-c2nc(N)c(I)c(CC(C)C)n2)c(C)nn1C. The predicted octanol–water partition coefficient (Wildman–Crippen LogP) is 2.58. The van der Waals surface area contributed by atoms with Gasteiger partial charge in [0.25, 0.3) is 0 Å². The summed E-state index contributed by atoms with van der Waals surface area (Å²) < 4.78 is 8.03. The van der Waals surface area contributed by atoms with E-state index in [9.17, 15) is 0 Å². The molecule has 0 radical (unpaired) electrons. The van der Waals surface area contributed by atoms with Crippen LogP contribution in [0.3, 0.4) is 0 Å². The first-order chi connectivity index (χ1) is 9.85. The van der Waals surface area contributed by atoms with E-state index in [1.165, 1.54) is 0 Å². The van der Waals surface area contributed by atoms with Crippen molar-refractivity contribution in [2.24, 2.45) is 13.0 Å². The Bertz CT molecular complexity index is 666. The van der Waals surface area contributed by atoms with Gasteiger partial charge in [-0.3, -0.25) is 0 Å². The summed E-state index contributed by atoms with van der Waals surface area (Å²) in [4.78, 5) is 9.11. The van der Waals surface area contributed by atoms with E-state index in [1.807, 2.05) is 14.0 Å². The Morgan fingerprint density at radius 1 is 1.33 bits per heavy atom. The molecule has 0 saturated carbocycles. The summed E-state index contributed by atoms with van der Waals surface area (Å²) >= 11 is 2.20. The number of ether oxygens (including phenoxy) is 1. The zero-order valence-corrected chi connectivity index (χ0v) is 15.1. The number of halogens is 1. The molecule has 21 heavy (non-hydrogen) atoms. The second-order valence-electron chi connectivity index (χ2n) is 5.38. The van der Waals surface area contributed by atoms with Crippen molar-refractivity contribution in [3.63, 3.8) is 0 Å². The lowest BCUT2D eigenvalue weighted by molar-refractivity contribution is 0.374. The van der Waals surface area contributed by atoms with Crippen LogP contribution in [0.2, 0.25) is 0 Å². The van der Waals surface area contributed by atoms with Gasteiger partial charge in [0.1, 0.15) is 11.4 Å². The number of aromatic nitrogens is 4. The molecule has 7 heteroatoms. The van der Waals surface area contributed by atoms with Crippen molar-refractivity contribution >= 4 is 28.4 Å². The summed E-state index contributed by atoms with van der Waals surface area (Å²) in [6.07, 6.45) is 0.861. The van der Waals surface area contributed by atoms with Gasteiger partial charge < -0.3 is 10.5 Å². The third kappa shape index (κ3) is 3.12. The van der Waals surface area contributed by atoms with Crippen LogP contribution < -0.4 is 10.5 Å². The number of methoxy groups -OCH3 is 1. The summed E-state index contributed by atoms with van der Waals surface area (Å²) in [6.45, 7) is 6.23. The van der Waals surface area contributed by atoms with Crippen molar-refractivity contribution in [3.05, 3.63) is 15.0 Å². The van der Waals surface area contributed by atoms with Gasteiger partial charge in [0.05, 0.1) is 22.1 Å². The van der Waals surface area contributed by atoms with Crippen LogP contribution in [-0.2, 0) is 13.5 Å². The van der Waals surface area contributed by atoms with Crippen LogP contribution >= 0.6 is 22.6 Å². The molecule has 2 heterocycles. The summed E-state index contributed by atoms with van der Waals surface area (Å²) in [7, 11) is 3.45. The number of hydrogen-bond donors (Lipinski definition) is 1. The number of anilines is 1. The highest BCUT2D eigenvalue weighted by atomic mass is 127. The zero-order chi connectivity index (χ0) is 15.7. The molecular formula is C14H20IN5O. The quantitative estimate of drug-likeness (QED) is 0.797. The van der Waals surface area contributed by atoms with Gasteiger partial charge in [-0.25, -0.2) is 14.6 Å². The van der Waals surface area contributed by atoms with Crippen LogP contribution in [0, 0.1) is 16.4 Å². The third-order valence-corrected chi connectivity index (χ3v) is 4.31. The Morgan fingerprint density at radius 2 is 2.00 bits per heavy atom. The van der Waals surface area contributed by atoms with E-state index in [0.29, 0.717) is 23.4 Å². The molecule has 0 fully saturated rings. The average Bonchev–Trinajstić information content (AvgIpc) is 2.68. The fraction of sp³-hybridized carbons (Fsp3) is 0.500. The van der Waals surface area contributed by atoms with Crippen LogP contribution in [-0.4, -0.2) is 26.9 Å². The summed E-state index contributed by atoms with van der Waals surface area (Å²) in [6, 6.07) is 0. The molecule has 2 rings (SSSR count). The highest BCUT2D eigenvalue weighted by Crippen LogP contribution is 2.32. The number of nitrogen functional groups attached to an aromatic ring is 1. The molecule has 0 aliphatic carbocycles. The second-order valence-corrected chi connectivity index (χ2v) is 6.46. The van der Waals surface area contributed by atoms with Gasteiger partial charge in [-0.05, 0) is 41.9 Å². The molecule has 0 atom stereocenters.